The zero-order chi connectivity index (χ0) is 11.5. The molecule has 4 nitrogen and oxygen atoms in total. The maximum absolute atomic E-state index is 13.7. The van der Waals surface area contributed by atoms with Crippen molar-refractivity contribution in [3.63, 3.8) is 0 Å². The van der Waals surface area contributed by atoms with Gasteiger partial charge in [0, 0.05) is 18.7 Å². The summed E-state index contributed by atoms with van der Waals surface area (Å²) in [5, 5.41) is 2.87. The zero-order valence-corrected chi connectivity index (χ0v) is 9.64. The standard InChI is InChI=1S/C10H10FN3OS/c1-12-10-9(13-16-14-10)7-4-3-6(15-2)5-8(7)11/h3-5H,1-2H3,(H,12,14). The quantitative estimate of drug-likeness (QED) is 0.893. The van der Waals surface area contributed by atoms with Gasteiger partial charge in [-0.2, -0.15) is 8.75 Å². The minimum Gasteiger partial charge on any atom is -0.497 e. The largest absolute Gasteiger partial charge is 0.497 e. The summed E-state index contributed by atoms with van der Waals surface area (Å²) in [5.74, 6) is 0.688. The van der Waals surface area contributed by atoms with Crippen molar-refractivity contribution in [1.82, 2.24) is 8.75 Å². The summed E-state index contributed by atoms with van der Waals surface area (Å²) < 4.78 is 26.8. The molecule has 0 bridgehead atoms. The second kappa shape index (κ2) is 4.44. The molecule has 1 aromatic carbocycles. The van der Waals surface area contributed by atoms with Crippen molar-refractivity contribution in [3.8, 4) is 17.0 Å². The molecule has 0 unspecified atom stereocenters. The first-order valence-electron chi connectivity index (χ1n) is 4.60. The first kappa shape index (κ1) is 10.8. The Balaban J connectivity index is 2.48. The number of halogens is 1. The van der Waals surface area contributed by atoms with E-state index in [-0.39, 0.29) is 5.82 Å². The fraction of sp³-hybridized carbons (Fsp3) is 0.200. The van der Waals surface area contributed by atoms with Gasteiger partial charge in [0.05, 0.1) is 18.8 Å². The lowest BCUT2D eigenvalue weighted by atomic mass is 10.1. The average molecular weight is 239 g/mol. The van der Waals surface area contributed by atoms with Crippen LogP contribution in [0.2, 0.25) is 0 Å². The van der Waals surface area contributed by atoms with Gasteiger partial charge < -0.3 is 10.1 Å². The summed E-state index contributed by atoms with van der Waals surface area (Å²) >= 11 is 1.04. The van der Waals surface area contributed by atoms with Crippen LogP contribution >= 0.6 is 11.7 Å². The van der Waals surface area contributed by atoms with E-state index in [2.05, 4.69) is 14.1 Å². The molecule has 0 aliphatic rings. The summed E-state index contributed by atoms with van der Waals surface area (Å²) in [5.41, 5.74) is 0.937. The third kappa shape index (κ3) is 1.83. The number of methoxy groups -OCH3 is 1. The van der Waals surface area contributed by atoms with E-state index < -0.39 is 0 Å². The molecule has 1 heterocycles. The molecule has 2 rings (SSSR count). The highest BCUT2D eigenvalue weighted by Gasteiger charge is 2.14. The Morgan fingerprint density at radius 3 is 2.81 bits per heavy atom. The predicted molar refractivity (Wildman–Crippen MR) is 61.4 cm³/mol. The highest BCUT2D eigenvalue weighted by Crippen LogP contribution is 2.29. The average Bonchev–Trinajstić information content (AvgIpc) is 2.76. The third-order valence-electron chi connectivity index (χ3n) is 2.16. The molecule has 0 saturated carbocycles. The SMILES string of the molecule is CNc1nsnc1-c1ccc(OC)cc1F. The van der Waals surface area contributed by atoms with Crippen LogP contribution in [0.15, 0.2) is 18.2 Å². The molecule has 6 heteroatoms. The number of ether oxygens (including phenoxy) is 1. The van der Waals surface area contributed by atoms with Crippen molar-refractivity contribution in [3.05, 3.63) is 24.0 Å². The molecule has 0 fully saturated rings. The molecular formula is C10H10FN3OS. The van der Waals surface area contributed by atoms with E-state index >= 15 is 0 Å². The van der Waals surface area contributed by atoms with Gasteiger partial charge in [-0.05, 0) is 12.1 Å². The normalized spacial score (nSPS) is 10.2. The number of aromatic nitrogens is 2. The Kier molecular flexibility index (Phi) is 3.00. The van der Waals surface area contributed by atoms with E-state index in [1.165, 1.54) is 13.2 Å². The highest BCUT2D eigenvalue weighted by molar-refractivity contribution is 6.99. The van der Waals surface area contributed by atoms with Crippen molar-refractivity contribution >= 4 is 17.5 Å². The number of anilines is 1. The van der Waals surface area contributed by atoms with E-state index in [4.69, 9.17) is 4.74 Å². The van der Waals surface area contributed by atoms with Crippen molar-refractivity contribution in [1.29, 1.82) is 0 Å². The van der Waals surface area contributed by atoms with E-state index in [0.717, 1.165) is 11.7 Å². The Hall–Kier alpha value is -1.69. The van der Waals surface area contributed by atoms with Gasteiger partial charge in [0.1, 0.15) is 17.3 Å². The van der Waals surface area contributed by atoms with Crippen molar-refractivity contribution in [2.45, 2.75) is 0 Å². The van der Waals surface area contributed by atoms with Crippen molar-refractivity contribution < 1.29 is 9.13 Å². The van der Waals surface area contributed by atoms with Gasteiger partial charge in [-0.15, -0.1) is 0 Å². The van der Waals surface area contributed by atoms with Crippen molar-refractivity contribution in [2.75, 3.05) is 19.5 Å². The molecule has 2 aromatic rings. The first-order valence-corrected chi connectivity index (χ1v) is 5.33. The zero-order valence-electron chi connectivity index (χ0n) is 8.82. The lowest BCUT2D eigenvalue weighted by molar-refractivity contribution is 0.411. The number of nitrogens with one attached hydrogen (secondary N) is 1. The molecule has 84 valence electrons. The monoisotopic (exact) mass is 239 g/mol. The van der Waals surface area contributed by atoms with E-state index in [9.17, 15) is 4.39 Å². The second-order valence-corrected chi connectivity index (χ2v) is 3.59. The molecule has 0 radical (unpaired) electrons. The fourth-order valence-electron chi connectivity index (χ4n) is 1.34. The second-order valence-electron chi connectivity index (χ2n) is 3.06. The first-order chi connectivity index (χ1) is 7.76. The number of nitrogens with zero attached hydrogens (tertiary/aromatic N) is 2. The molecule has 0 aliphatic heterocycles. The minimum atomic E-state index is -0.372. The van der Waals surface area contributed by atoms with Gasteiger partial charge in [0.15, 0.2) is 5.82 Å². The molecular weight excluding hydrogens is 229 g/mol. The topological polar surface area (TPSA) is 47.0 Å². The van der Waals surface area contributed by atoms with Gasteiger partial charge in [-0.3, -0.25) is 0 Å². The van der Waals surface area contributed by atoms with Crippen LogP contribution in [-0.4, -0.2) is 22.9 Å². The lowest BCUT2D eigenvalue weighted by Crippen LogP contribution is -1.93. The molecule has 16 heavy (non-hydrogen) atoms. The third-order valence-corrected chi connectivity index (χ3v) is 2.69. The van der Waals surface area contributed by atoms with Crippen LogP contribution in [0.5, 0.6) is 5.75 Å². The molecule has 0 aliphatic carbocycles. The smallest absolute Gasteiger partial charge is 0.167 e. The lowest BCUT2D eigenvalue weighted by Gasteiger charge is -2.04. The van der Waals surface area contributed by atoms with Crippen LogP contribution in [0.3, 0.4) is 0 Å². The Bertz CT molecular complexity index is 501. The van der Waals surface area contributed by atoms with Crippen LogP contribution in [0.25, 0.3) is 11.3 Å². The van der Waals surface area contributed by atoms with Crippen LogP contribution in [-0.2, 0) is 0 Å². The Morgan fingerprint density at radius 2 is 2.19 bits per heavy atom. The van der Waals surface area contributed by atoms with Crippen LogP contribution in [0, 0.1) is 5.82 Å². The Morgan fingerprint density at radius 1 is 1.38 bits per heavy atom. The van der Waals surface area contributed by atoms with Gasteiger partial charge in [0.25, 0.3) is 0 Å². The number of rotatable bonds is 3. The molecule has 1 N–H and O–H groups in total. The predicted octanol–water partition coefficient (Wildman–Crippen LogP) is 2.39. The number of hydrogen-bond acceptors (Lipinski definition) is 5. The van der Waals surface area contributed by atoms with E-state index in [1.807, 2.05) is 0 Å². The summed E-state index contributed by atoms with van der Waals surface area (Å²) in [6.45, 7) is 0. The van der Waals surface area contributed by atoms with Gasteiger partial charge >= 0.3 is 0 Å². The number of hydrogen-bond donors (Lipinski definition) is 1. The van der Waals surface area contributed by atoms with E-state index in [0.29, 0.717) is 22.8 Å². The maximum atomic E-state index is 13.7. The highest BCUT2D eigenvalue weighted by atomic mass is 32.1. The number of benzene rings is 1. The Labute approximate surface area is 96.4 Å². The summed E-state index contributed by atoms with van der Waals surface area (Å²) in [4.78, 5) is 0. The summed E-state index contributed by atoms with van der Waals surface area (Å²) in [7, 11) is 3.22. The molecule has 0 amide bonds. The molecule has 0 atom stereocenters. The summed E-state index contributed by atoms with van der Waals surface area (Å²) in [6.07, 6.45) is 0. The minimum absolute atomic E-state index is 0.372. The van der Waals surface area contributed by atoms with Crippen LogP contribution in [0.4, 0.5) is 10.2 Å². The molecule has 0 spiro atoms. The van der Waals surface area contributed by atoms with Crippen molar-refractivity contribution in [2.24, 2.45) is 0 Å². The molecule has 0 saturated heterocycles. The van der Waals surface area contributed by atoms with Crippen LogP contribution in [0.1, 0.15) is 0 Å². The van der Waals surface area contributed by atoms with Gasteiger partial charge in [-0.25, -0.2) is 4.39 Å². The van der Waals surface area contributed by atoms with Gasteiger partial charge in [-0.1, -0.05) is 0 Å². The maximum Gasteiger partial charge on any atom is 0.167 e. The van der Waals surface area contributed by atoms with Gasteiger partial charge in [0.2, 0.25) is 0 Å². The molecule has 1 aromatic heterocycles. The van der Waals surface area contributed by atoms with Crippen LogP contribution < -0.4 is 10.1 Å². The van der Waals surface area contributed by atoms with E-state index in [1.54, 1.807) is 19.2 Å². The summed E-state index contributed by atoms with van der Waals surface area (Å²) in [6, 6.07) is 4.65. The fourth-order valence-corrected chi connectivity index (χ4v) is 1.91.